The molecular formula is C23H27NO8. The zero-order valence-corrected chi connectivity index (χ0v) is 18.1. The normalized spacial score (nSPS) is 20.2. The summed E-state index contributed by atoms with van der Waals surface area (Å²) in [5.74, 6) is -4.18. The average Bonchev–Trinajstić information content (AvgIpc) is 2.99. The molecule has 1 heterocycles. The van der Waals surface area contributed by atoms with Gasteiger partial charge in [0.2, 0.25) is 5.91 Å². The number of hydrogen-bond donors (Lipinski definition) is 1. The lowest BCUT2D eigenvalue weighted by Gasteiger charge is -2.42. The molecule has 172 valence electrons. The molecule has 9 nitrogen and oxygen atoms in total. The molecule has 1 fully saturated rings. The Bertz CT molecular complexity index is 869. The van der Waals surface area contributed by atoms with Crippen LogP contribution in [0.25, 0.3) is 0 Å². The molecule has 1 saturated heterocycles. The van der Waals surface area contributed by atoms with Crippen LogP contribution in [0.5, 0.6) is 0 Å². The molecule has 1 N–H and O–H groups in total. The SMILES string of the molecule is C=CCOC(=O)C1(C(=O)OCC=C)N(C(Cc2ccccc2)C(=O)OC)C(=O)CC1(C)O. The predicted molar refractivity (Wildman–Crippen MR) is 113 cm³/mol. The highest BCUT2D eigenvalue weighted by molar-refractivity contribution is 6.13. The molecular weight excluding hydrogens is 418 g/mol. The number of carbonyl (C=O) groups excluding carboxylic acids is 4. The Balaban J connectivity index is 2.70. The van der Waals surface area contributed by atoms with Crippen molar-refractivity contribution < 1.29 is 38.5 Å². The van der Waals surface area contributed by atoms with Gasteiger partial charge in [-0.1, -0.05) is 55.6 Å². The van der Waals surface area contributed by atoms with Crippen molar-refractivity contribution >= 4 is 23.8 Å². The van der Waals surface area contributed by atoms with Gasteiger partial charge >= 0.3 is 17.9 Å². The summed E-state index contributed by atoms with van der Waals surface area (Å²) in [6.45, 7) is 7.46. The van der Waals surface area contributed by atoms with Crippen LogP contribution in [0.2, 0.25) is 0 Å². The topological polar surface area (TPSA) is 119 Å². The Hall–Kier alpha value is -3.46. The van der Waals surface area contributed by atoms with Crippen molar-refractivity contribution in [1.29, 1.82) is 0 Å². The lowest BCUT2D eigenvalue weighted by atomic mass is 9.80. The number of carbonyl (C=O) groups is 4. The number of hydrogen-bond acceptors (Lipinski definition) is 8. The van der Waals surface area contributed by atoms with Gasteiger partial charge < -0.3 is 24.2 Å². The van der Waals surface area contributed by atoms with E-state index in [1.54, 1.807) is 30.3 Å². The van der Waals surface area contributed by atoms with Crippen LogP contribution in [0.1, 0.15) is 18.9 Å². The summed E-state index contributed by atoms with van der Waals surface area (Å²) in [5.41, 5.74) is -4.26. The van der Waals surface area contributed by atoms with Crippen LogP contribution in [-0.2, 0) is 39.8 Å². The van der Waals surface area contributed by atoms with E-state index in [0.717, 1.165) is 18.9 Å². The highest BCUT2D eigenvalue weighted by Gasteiger charge is 2.73. The number of benzene rings is 1. The first-order valence-electron chi connectivity index (χ1n) is 9.89. The Morgan fingerprint density at radius 1 is 1.12 bits per heavy atom. The van der Waals surface area contributed by atoms with E-state index < -0.39 is 47.4 Å². The third-order valence-corrected chi connectivity index (χ3v) is 5.22. The van der Waals surface area contributed by atoms with E-state index in [4.69, 9.17) is 14.2 Å². The average molecular weight is 445 g/mol. The number of aliphatic hydroxyl groups is 1. The van der Waals surface area contributed by atoms with Crippen molar-refractivity contribution in [1.82, 2.24) is 4.90 Å². The second kappa shape index (κ2) is 10.2. The van der Waals surface area contributed by atoms with Crippen LogP contribution in [0.3, 0.4) is 0 Å². The largest absolute Gasteiger partial charge is 0.467 e. The number of ether oxygens (including phenoxy) is 3. The van der Waals surface area contributed by atoms with Crippen molar-refractivity contribution in [2.24, 2.45) is 0 Å². The molecule has 1 aliphatic rings. The van der Waals surface area contributed by atoms with Crippen LogP contribution in [0.15, 0.2) is 55.6 Å². The molecule has 1 aromatic carbocycles. The number of nitrogens with zero attached hydrogens (tertiary/aromatic N) is 1. The third kappa shape index (κ3) is 4.43. The molecule has 0 bridgehead atoms. The fourth-order valence-corrected chi connectivity index (χ4v) is 3.81. The molecule has 2 unspecified atom stereocenters. The summed E-state index contributed by atoms with van der Waals surface area (Å²) in [5, 5.41) is 11.2. The highest BCUT2D eigenvalue weighted by Crippen LogP contribution is 2.43. The second-order valence-electron chi connectivity index (χ2n) is 7.43. The molecule has 0 aromatic heterocycles. The first kappa shape index (κ1) is 24.8. The monoisotopic (exact) mass is 445 g/mol. The first-order valence-corrected chi connectivity index (χ1v) is 9.89. The molecule has 0 saturated carbocycles. The van der Waals surface area contributed by atoms with E-state index in [9.17, 15) is 24.3 Å². The van der Waals surface area contributed by atoms with Crippen molar-refractivity contribution in [2.45, 2.75) is 36.9 Å². The summed E-state index contributed by atoms with van der Waals surface area (Å²) in [4.78, 5) is 53.2. The fourth-order valence-electron chi connectivity index (χ4n) is 3.81. The summed E-state index contributed by atoms with van der Waals surface area (Å²) < 4.78 is 15.1. The number of rotatable bonds is 10. The Labute approximate surface area is 186 Å². The zero-order chi connectivity index (χ0) is 23.9. The third-order valence-electron chi connectivity index (χ3n) is 5.22. The second-order valence-corrected chi connectivity index (χ2v) is 7.43. The van der Waals surface area contributed by atoms with Crippen LogP contribution in [0.4, 0.5) is 0 Å². The van der Waals surface area contributed by atoms with Gasteiger partial charge in [-0.2, -0.15) is 0 Å². The first-order chi connectivity index (χ1) is 15.2. The molecule has 0 spiro atoms. The van der Waals surface area contributed by atoms with Crippen molar-refractivity contribution in [2.75, 3.05) is 20.3 Å². The number of amides is 1. The minimum absolute atomic E-state index is 0.0828. The maximum Gasteiger partial charge on any atom is 0.347 e. The van der Waals surface area contributed by atoms with Gasteiger partial charge in [0.05, 0.1) is 13.5 Å². The number of likely N-dealkylation sites (tertiary alicyclic amines) is 1. The molecule has 2 rings (SSSR count). The Morgan fingerprint density at radius 3 is 2.12 bits per heavy atom. The number of esters is 3. The fraction of sp³-hybridized carbons (Fsp3) is 0.391. The van der Waals surface area contributed by atoms with E-state index in [-0.39, 0.29) is 19.6 Å². The summed E-state index contributed by atoms with van der Waals surface area (Å²) in [7, 11) is 1.12. The van der Waals surface area contributed by atoms with Gasteiger partial charge in [0.1, 0.15) is 24.9 Å². The van der Waals surface area contributed by atoms with Crippen LogP contribution in [0, 0.1) is 0 Å². The summed E-state index contributed by atoms with van der Waals surface area (Å²) in [6.07, 6.45) is 1.82. The maximum absolute atomic E-state index is 13.3. The lowest BCUT2D eigenvalue weighted by molar-refractivity contribution is -0.191. The smallest absolute Gasteiger partial charge is 0.347 e. The van der Waals surface area contributed by atoms with E-state index in [0.29, 0.717) is 5.56 Å². The van der Waals surface area contributed by atoms with Gasteiger partial charge in [-0.25, -0.2) is 14.4 Å². The quantitative estimate of drug-likeness (QED) is 0.245. The van der Waals surface area contributed by atoms with Gasteiger partial charge in [0.15, 0.2) is 0 Å². The van der Waals surface area contributed by atoms with E-state index in [2.05, 4.69) is 13.2 Å². The Kier molecular flexibility index (Phi) is 7.93. The molecule has 1 aliphatic heterocycles. The standard InChI is InChI=1S/C23H27NO8/c1-5-12-31-20(27)23(21(28)32-13-6-2)22(3,29)15-18(25)24(23)17(19(26)30-4)14-16-10-8-7-9-11-16/h5-11,17,29H,1-2,12-15H2,3-4H3. The van der Waals surface area contributed by atoms with Gasteiger partial charge in [-0.05, 0) is 12.5 Å². The van der Waals surface area contributed by atoms with Gasteiger partial charge in [-0.15, -0.1) is 0 Å². The molecule has 32 heavy (non-hydrogen) atoms. The lowest BCUT2D eigenvalue weighted by Crippen LogP contribution is -2.71. The molecule has 0 radical (unpaired) electrons. The molecule has 2 atom stereocenters. The Morgan fingerprint density at radius 2 is 1.66 bits per heavy atom. The maximum atomic E-state index is 13.3. The van der Waals surface area contributed by atoms with Crippen LogP contribution in [-0.4, -0.2) is 71.3 Å². The predicted octanol–water partition coefficient (Wildman–Crippen LogP) is 0.951. The van der Waals surface area contributed by atoms with Gasteiger partial charge in [0, 0.05) is 6.42 Å². The molecule has 1 aromatic rings. The van der Waals surface area contributed by atoms with Gasteiger partial charge in [0.25, 0.3) is 5.54 Å². The minimum Gasteiger partial charge on any atom is -0.467 e. The van der Waals surface area contributed by atoms with Crippen LogP contribution < -0.4 is 0 Å². The highest BCUT2D eigenvalue weighted by atomic mass is 16.6. The summed E-state index contributed by atoms with van der Waals surface area (Å²) in [6, 6.07) is 7.23. The molecule has 1 amide bonds. The van der Waals surface area contributed by atoms with E-state index in [1.807, 2.05) is 0 Å². The van der Waals surface area contributed by atoms with Crippen LogP contribution >= 0.6 is 0 Å². The number of methoxy groups -OCH3 is 1. The zero-order valence-electron chi connectivity index (χ0n) is 18.1. The van der Waals surface area contributed by atoms with Crippen molar-refractivity contribution in [3.63, 3.8) is 0 Å². The molecule has 9 heteroatoms. The van der Waals surface area contributed by atoms with Crippen molar-refractivity contribution in [3.8, 4) is 0 Å². The molecule has 0 aliphatic carbocycles. The van der Waals surface area contributed by atoms with Gasteiger partial charge in [-0.3, -0.25) is 4.79 Å². The minimum atomic E-state index is -2.65. The van der Waals surface area contributed by atoms with Crippen molar-refractivity contribution in [3.05, 3.63) is 61.2 Å². The van der Waals surface area contributed by atoms with E-state index >= 15 is 0 Å². The summed E-state index contributed by atoms with van der Waals surface area (Å²) >= 11 is 0. The van der Waals surface area contributed by atoms with E-state index in [1.165, 1.54) is 12.2 Å².